The summed E-state index contributed by atoms with van der Waals surface area (Å²) in [6, 6.07) is -0.186. The first-order valence-corrected chi connectivity index (χ1v) is 7.08. The second kappa shape index (κ2) is 5.92. The highest BCUT2D eigenvalue weighted by Gasteiger charge is 2.23. The van der Waals surface area contributed by atoms with Gasteiger partial charge < -0.3 is 10.2 Å². The highest BCUT2D eigenvalue weighted by molar-refractivity contribution is 6.30. The zero-order valence-corrected chi connectivity index (χ0v) is 12.5. The lowest BCUT2D eigenvalue weighted by Gasteiger charge is -2.21. The fourth-order valence-electron chi connectivity index (χ4n) is 2.43. The van der Waals surface area contributed by atoms with Crippen LogP contribution in [-0.2, 0) is 18.4 Å². The van der Waals surface area contributed by atoms with Crippen molar-refractivity contribution in [2.24, 2.45) is 7.05 Å². The van der Waals surface area contributed by atoms with Crippen LogP contribution in [0.1, 0.15) is 31.0 Å². The summed E-state index contributed by atoms with van der Waals surface area (Å²) < 4.78 is 1.65. The van der Waals surface area contributed by atoms with Gasteiger partial charge >= 0.3 is 0 Å². The van der Waals surface area contributed by atoms with Crippen LogP contribution in [0.2, 0.25) is 5.15 Å². The van der Waals surface area contributed by atoms with Crippen molar-refractivity contribution in [3.63, 3.8) is 0 Å². The number of halogens is 1. The van der Waals surface area contributed by atoms with Crippen LogP contribution in [0.5, 0.6) is 0 Å². The predicted octanol–water partition coefficient (Wildman–Crippen LogP) is 1.48. The van der Waals surface area contributed by atoms with Crippen LogP contribution in [0.3, 0.4) is 0 Å². The van der Waals surface area contributed by atoms with Crippen LogP contribution in [0.4, 0.5) is 0 Å². The Morgan fingerprint density at radius 2 is 2.11 bits per heavy atom. The Kier molecular flexibility index (Phi) is 4.47. The Morgan fingerprint density at radius 3 is 2.63 bits per heavy atom. The molecule has 19 heavy (non-hydrogen) atoms. The Hall–Kier alpha value is -1.07. The van der Waals surface area contributed by atoms with E-state index in [0.717, 1.165) is 37.2 Å². The highest BCUT2D eigenvalue weighted by Crippen LogP contribution is 2.18. The molecule has 1 fully saturated rings. The molecule has 1 aromatic rings. The van der Waals surface area contributed by atoms with Gasteiger partial charge in [0.25, 0.3) is 0 Å². The molecule has 1 amide bonds. The molecule has 2 heterocycles. The predicted molar refractivity (Wildman–Crippen MR) is 75.1 cm³/mol. The molecule has 106 valence electrons. The van der Waals surface area contributed by atoms with Gasteiger partial charge in [-0.3, -0.25) is 9.48 Å². The van der Waals surface area contributed by atoms with E-state index < -0.39 is 0 Å². The first kappa shape index (κ1) is 14.3. The number of amides is 1. The van der Waals surface area contributed by atoms with Gasteiger partial charge in [-0.2, -0.15) is 5.10 Å². The quantitative estimate of drug-likeness (QED) is 0.911. The second-order valence-corrected chi connectivity index (χ2v) is 5.47. The van der Waals surface area contributed by atoms with Crippen molar-refractivity contribution in [1.82, 2.24) is 20.0 Å². The van der Waals surface area contributed by atoms with Crippen molar-refractivity contribution in [1.29, 1.82) is 0 Å². The van der Waals surface area contributed by atoms with Crippen LogP contribution >= 0.6 is 11.6 Å². The number of hydrogen-bond donors (Lipinski definition) is 1. The zero-order chi connectivity index (χ0) is 14.0. The first-order valence-electron chi connectivity index (χ1n) is 6.71. The van der Waals surface area contributed by atoms with Gasteiger partial charge in [0, 0.05) is 32.2 Å². The monoisotopic (exact) mass is 284 g/mol. The molecule has 1 N–H and O–H groups in total. The van der Waals surface area contributed by atoms with E-state index in [1.54, 1.807) is 4.68 Å². The number of hydrogen-bond acceptors (Lipinski definition) is 3. The Bertz CT molecular complexity index is 465. The van der Waals surface area contributed by atoms with Gasteiger partial charge in [-0.25, -0.2) is 0 Å². The molecule has 1 aliphatic rings. The van der Waals surface area contributed by atoms with E-state index >= 15 is 0 Å². The minimum absolute atomic E-state index is 0.176. The fourth-order valence-corrected chi connectivity index (χ4v) is 2.67. The van der Waals surface area contributed by atoms with Crippen molar-refractivity contribution in [3.8, 4) is 0 Å². The highest BCUT2D eigenvalue weighted by atomic mass is 35.5. The third-order valence-electron chi connectivity index (χ3n) is 3.64. The molecular formula is C13H21ClN4O. The van der Waals surface area contributed by atoms with Crippen LogP contribution in [0, 0.1) is 6.92 Å². The van der Waals surface area contributed by atoms with Gasteiger partial charge in [-0.15, -0.1) is 0 Å². The summed E-state index contributed by atoms with van der Waals surface area (Å²) in [7, 11) is 1.82. The van der Waals surface area contributed by atoms with E-state index in [1.165, 1.54) is 0 Å². The lowest BCUT2D eigenvalue weighted by molar-refractivity contribution is -0.131. The number of nitrogens with one attached hydrogen (secondary N) is 1. The zero-order valence-electron chi connectivity index (χ0n) is 11.7. The Labute approximate surface area is 118 Å². The summed E-state index contributed by atoms with van der Waals surface area (Å²) in [5.74, 6) is 0.176. The smallest absolute Gasteiger partial charge is 0.239 e. The maximum absolute atomic E-state index is 12.2. The van der Waals surface area contributed by atoms with Crippen molar-refractivity contribution in [2.45, 2.75) is 39.3 Å². The molecular weight excluding hydrogens is 264 g/mol. The molecule has 1 atom stereocenters. The Balaban J connectivity index is 1.92. The molecule has 0 aliphatic carbocycles. The third kappa shape index (κ3) is 3.09. The summed E-state index contributed by atoms with van der Waals surface area (Å²) in [4.78, 5) is 14.1. The minimum Gasteiger partial charge on any atom is -0.341 e. The first-order chi connectivity index (χ1) is 9.00. The number of carbonyl (C=O) groups excluding carboxylic acids is 1. The molecule has 0 saturated carbocycles. The molecule has 2 rings (SSSR count). The van der Waals surface area contributed by atoms with Crippen molar-refractivity contribution >= 4 is 17.5 Å². The van der Waals surface area contributed by atoms with E-state index in [1.807, 2.05) is 25.8 Å². The van der Waals surface area contributed by atoms with Crippen LogP contribution in [-0.4, -0.2) is 39.7 Å². The Morgan fingerprint density at radius 1 is 1.47 bits per heavy atom. The normalized spacial score (nSPS) is 16.9. The van der Waals surface area contributed by atoms with E-state index in [4.69, 9.17) is 11.6 Å². The number of likely N-dealkylation sites (tertiary alicyclic amines) is 1. The van der Waals surface area contributed by atoms with Gasteiger partial charge in [-0.1, -0.05) is 11.6 Å². The number of aryl methyl sites for hydroxylation is 2. The van der Waals surface area contributed by atoms with Gasteiger partial charge in [0.15, 0.2) is 0 Å². The minimum atomic E-state index is -0.186. The van der Waals surface area contributed by atoms with Crippen LogP contribution < -0.4 is 5.32 Å². The molecule has 0 bridgehead atoms. The molecule has 1 saturated heterocycles. The SMILES string of the molecule is Cc1nn(C)c(Cl)c1CNC(C)C(=O)N1CCCC1. The lowest BCUT2D eigenvalue weighted by Crippen LogP contribution is -2.43. The maximum Gasteiger partial charge on any atom is 0.239 e. The van der Waals surface area contributed by atoms with Crippen LogP contribution in [0.15, 0.2) is 0 Å². The van der Waals surface area contributed by atoms with E-state index in [0.29, 0.717) is 11.7 Å². The lowest BCUT2D eigenvalue weighted by atomic mass is 10.2. The van der Waals surface area contributed by atoms with Gasteiger partial charge in [0.1, 0.15) is 5.15 Å². The van der Waals surface area contributed by atoms with Crippen molar-refractivity contribution in [2.75, 3.05) is 13.1 Å². The topological polar surface area (TPSA) is 50.2 Å². The van der Waals surface area contributed by atoms with Gasteiger partial charge in [0.05, 0.1) is 11.7 Å². The molecule has 0 radical (unpaired) electrons. The number of rotatable bonds is 4. The largest absolute Gasteiger partial charge is 0.341 e. The van der Waals surface area contributed by atoms with Gasteiger partial charge in [0.2, 0.25) is 5.91 Å². The van der Waals surface area contributed by atoms with Gasteiger partial charge in [-0.05, 0) is 26.7 Å². The fraction of sp³-hybridized carbons (Fsp3) is 0.692. The molecule has 0 aromatic carbocycles. The summed E-state index contributed by atoms with van der Waals surface area (Å²) in [6.07, 6.45) is 2.23. The van der Waals surface area contributed by atoms with E-state index in [-0.39, 0.29) is 11.9 Å². The van der Waals surface area contributed by atoms with Crippen molar-refractivity contribution in [3.05, 3.63) is 16.4 Å². The molecule has 1 unspecified atom stereocenters. The molecule has 1 aliphatic heterocycles. The maximum atomic E-state index is 12.2. The summed E-state index contributed by atoms with van der Waals surface area (Å²) >= 11 is 6.17. The molecule has 5 nitrogen and oxygen atoms in total. The third-order valence-corrected chi connectivity index (χ3v) is 4.12. The summed E-state index contributed by atoms with van der Waals surface area (Å²) in [5, 5.41) is 8.13. The molecule has 1 aromatic heterocycles. The summed E-state index contributed by atoms with van der Waals surface area (Å²) in [5.41, 5.74) is 1.87. The van der Waals surface area contributed by atoms with E-state index in [9.17, 15) is 4.79 Å². The average molecular weight is 285 g/mol. The number of nitrogens with zero attached hydrogens (tertiary/aromatic N) is 3. The number of carbonyl (C=O) groups is 1. The molecule has 6 heteroatoms. The summed E-state index contributed by atoms with van der Waals surface area (Å²) in [6.45, 7) is 6.17. The average Bonchev–Trinajstić information content (AvgIpc) is 2.97. The second-order valence-electron chi connectivity index (χ2n) is 5.11. The standard InChI is InChI=1S/C13H21ClN4O/c1-9-11(12(14)17(3)16-9)8-15-10(2)13(19)18-6-4-5-7-18/h10,15H,4-8H2,1-3H3. The van der Waals surface area contributed by atoms with E-state index in [2.05, 4.69) is 10.4 Å². The molecule has 0 spiro atoms. The van der Waals surface area contributed by atoms with Crippen LogP contribution in [0.25, 0.3) is 0 Å². The number of aromatic nitrogens is 2. The van der Waals surface area contributed by atoms with Crippen molar-refractivity contribution < 1.29 is 4.79 Å².